The summed E-state index contributed by atoms with van der Waals surface area (Å²) in [6.07, 6.45) is 3.52. The normalized spacial score (nSPS) is 23.7. The lowest BCUT2D eigenvalue weighted by Crippen LogP contribution is -2.35. The Hall–Kier alpha value is -1.09. The molecular formula is C15H18Cl2N4O3S. The molecule has 2 fully saturated rings. The second kappa shape index (κ2) is 6.26. The Morgan fingerprint density at radius 2 is 1.96 bits per heavy atom. The molecule has 1 aromatic heterocycles. The van der Waals surface area contributed by atoms with Crippen LogP contribution in [0, 0.1) is 5.92 Å². The summed E-state index contributed by atoms with van der Waals surface area (Å²) in [4.78, 5) is 7.07. The first-order chi connectivity index (χ1) is 11.9. The lowest BCUT2D eigenvalue weighted by Gasteiger charge is -2.25. The van der Waals surface area contributed by atoms with E-state index in [9.17, 15) is 8.42 Å². The predicted octanol–water partition coefficient (Wildman–Crippen LogP) is 2.23. The third-order valence-electron chi connectivity index (χ3n) is 4.69. The van der Waals surface area contributed by atoms with Crippen molar-refractivity contribution in [2.45, 2.75) is 34.9 Å². The van der Waals surface area contributed by atoms with Crippen LogP contribution in [0.15, 0.2) is 23.1 Å². The molecule has 0 radical (unpaired) electrons. The fraction of sp³-hybridized carbons (Fsp3) is 0.600. The van der Waals surface area contributed by atoms with E-state index in [1.54, 1.807) is 18.2 Å². The largest absolute Gasteiger partial charge is 0.395 e. The lowest BCUT2D eigenvalue weighted by atomic mass is 10.2. The molecule has 2 aromatic rings. The zero-order chi connectivity index (χ0) is 17.7. The van der Waals surface area contributed by atoms with Crippen molar-refractivity contribution in [3.63, 3.8) is 0 Å². The number of nitrogens with zero attached hydrogens (tertiary/aromatic N) is 4. The standard InChI is InChI=1S/C15H18Cl2N4O3S/c16-15(17)9-11(15)10-24-21-14-8-12(4-5-13(14)18-19-21)25(22,23)20-6-2-1-3-7-20/h4-5,8,11H,1-3,6-7,9-10H2/t11-/m0/s1. The number of piperidine rings is 1. The van der Waals surface area contributed by atoms with Gasteiger partial charge >= 0.3 is 0 Å². The molecule has 1 saturated carbocycles. The molecule has 1 saturated heterocycles. The summed E-state index contributed by atoms with van der Waals surface area (Å²) in [5.41, 5.74) is 1.07. The lowest BCUT2D eigenvalue weighted by molar-refractivity contribution is 0.0792. The van der Waals surface area contributed by atoms with Crippen LogP contribution in [-0.4, -0.2) is 51.9 Å². The van der Waals surface area contributed by atoms with Crippen LogP contribution in [0.2, 0.25) is 0 Å². The van der Waals surface area contributed by atoms with Gasteiger partial charge < -0.3 is 4.84 Å². The third kappa shape index (κ3) is 3.32. The molecule has 1 atom stereocenters. The van der Waals surface area contributed by atoms with Crippen molar-refractivity contribution in [3.05, 3.63) is 18.2 Å². The number of halogens is 2. The minimum atomic E-state index is -3.52. The molecule has 1 aromatic carbocycles. The number of hydrogen-bond acceptors (Lipinski definition) is 5. The van der Waals surface area contributed by atoms with Crippen LogP contribution >= 0.6 is 23.2 Å². The van der Waals surface area contributed by atoms with Crippen LogP contribution in [-0.2, 0) is 10.0 Å². The van der Waals surface area contributed by atoms with Crippen LogP contribution in [0.4, 0.5) is 0 Å². The molecule has 1 aliphatic carbocycles. The molecule has 136 valence electrons. The molecule has 0 unspecified atom stereocenters. The van der Waals surface area contributed by atoms with Gasteiger partial charge in [0.1, 0.15) is 22.0 Å². The summed E-state index contributed by atoms with van der Waals surface area (Å²) in [6.45, 7) is 1.42. The first-order valence-electron chi connectivity index (χ1n) is 8.25. The van der Waals surface area contributed by atoms with Gasteiger partial charge in [-0.1, -0.05) is 11.3 Å². The van der Waals surface area contributed by atoms with E-state index in [0.29, 0.717) is 37.2 Å². The van der Waals surface area contributed by atoms with Gasteiger partial charge in [0.05, 0.1) is 4.90 Å². The van der Waals surface area contributed by atoms with Crippen LogP contribution in [0.25, 0.3) is 11.0 Å². The van der Waals surface area contributed by atoms with Gasteiger partial charge in [0.2, 0.25) is 10.0 Å². The van der Waals surface area contributed by atoms with E-state index in [1.165, 1.54) is 9.15 Å². The SMILES string of the molecule is O=S(=O)(c1ccc2nnn(OC[C@@H]3CC3(Cl)Cl)c2c1)N1CCCCC1. The van der Waals surface area contributed by atoms with Gasteiger partial charge in [-0.3, -0.25) is 0 Å². The van der Waals surface area contributed by atoms with Crippen molar-refractivity contribution in [1.29, 1.82) is 0 Å². The summed E-state index contributed by atoms with van der Waals surface area (Å²) in [5.74, 6) is 0.0374. The van der Waals surface area contributed by atoms with Crippen molar-refractivity contribution in [2.24, 2.45) is 5.92 Å². The van der Waals surface area contributed by atoms with E-state index in [2.05, 4.69) is 10.3 Å². The number of rotatable bonds is 5. The van der Waals surface area contributed by atoms with Crippen molar-refractivity contribution in [3.8, 4) is 0 Å². The topological polar surface area (TPSA) is 77.3 Å². The number of sulfonamides is 1. The molecule has 1 aliphatic heterocycles. The second-order valence-corrected chi connectivity index (χ2v) is 10.0. The molecule has 7 nitrogen and oxygen atoms in total. The van der Waals surface area contributed by atoms with Gasteiger partial charge in [0.15, 0.2) is 0 Å². The van der Waals surface area contributed by atoms with Crippen molar-refractivity contribution in [1.82, 2.24) is 19.5 Å². The molecule has 0 spiro atoms. The Balaban J connectivity index is 1.59. The van der Waals surface area contributed by atoms with E-state index >= 15 is 0 Å². The first-order valence-corrected chi connectivity index (χ1v) is 10.4. The average molecular weight is 405 g/mol. The number of fused-ring (bicyclic) bond motifs is 1. The molecule has 2 heterocycles. The molecule has 0 N–H and O–H groups in total. The summed E-state index contributed by atoms with van der Waals surface area (Å²) >= 11 is 12.0. The minimum Gasteiger partial charge on any atom is -0.395 e. The van der Waals surface area contributed by atoms with Crippen LogP contribution < -0.4 is 4.84 Å². The maximum absolute atomic E-state index is 12.8. The monoisotopic (exact) mass is 404 g/mol. The summed E-state index contributed by atoms with van der Waals surface area (Å²) < 4.78 is 26.4. The fourth-order valence-electron chi connectivity index (χ4n) is 3.00. The second-order valence-electron chi connectivity index (χ2n) is 6.54. The van der Waals surface area contributed by atoms with Gasteiger partial charge in [-0.15, -0.1) is 28.3 Å². The van der Waals surface area contributed by atoms with Crippen molar-refractivity contribution in [2.75, 3.05) is 19.7 Å². The summed E-state index contributed by atoms with van der Waals surface area (Å²) in [5, 5.41) is 7.93. The molecular weight excluding hydrogens is 387 g/mol. The molecule has 25 heavy (non-hydrogen) atoms. The molecule has 10 heteroatoms. The molecule has 0 bridgehead atoms. The highest BCUT2D eigenvalue weighted by atomic mass is 35.5. The van der Waals surface area contributed by atoms with Gasteiger partial charge in [-0.05, 0) is 42.7 Å². The fourth-order valence-corrected chi connectivity index (χ4v) is 5.04. The average Bonchev–Trinajstić information content (AvgIpc) is 3.03. The highest BCUT2D eigenvalue weighted by Crippen LogP contribution is 2.52. The Kier molecular flexibility index (Phi) is 4.34. The maximum Gasteiger partial charge on any atom is 0.243 e. The number of hydrogen-bond donors (Lipinski definition) is 0. The third-order valence-corrected chi connectivity index (χ3v) is 7.51. The van der Waals surface area contributed by atoms with Gasteiger partial charge in [-0.25, -0.2) is 8.42 Å². The van der Waals surface area contributed by atoms with Crippen LogP contribution in [0.5, 0.6) is 0 Å². The Bertz CT molecular complexity index is 893. The molecule has 2 aliphatic rings. The zero-order valence-corrected chi connectivity index (χ0v) is 15.8. The Morgan fingerprint density at radius 3 is 2.64 bits per heavy atom. The summed E-state index contributed by atoms with van der Waals surface area (Å²) in [7, 11) is -3.52. The number of alkyl halides is 2. The smallest absolute Gasteiger partial charge is 0.243 e. The Morgan fingerprint density at radius 1 is 1.24 bits per heavy atom. The first kappa shape index (κ1) is 17.3. The van der Waals surface area contributed by atoms with Crippen molar-refractivity contribution < 1.29 is 13.3 Å². The predicted molar refractivity (Wildman–Crippen MR) is 94.1 cm³/mol. The van der Waals surface area contributed by atoms with E-state index < -0.39 is 14.4 Å². The Labute approximate surface area is 155 Å². The molecule has 4 rings (SSSR count). The van der Waals surface area contributed by atoms with Crippen LogP contribution in [0.1, 0.15) is 25.7 Å². The van der Waals surface area contributed by atoms with E-state index in [-0.39, 0.29) is 10.8 Å². The molecule has 0 amide bonds. The van der Waals surface area contributed by atoms with Crippen LogP contribution in [0.3, 0.4) is 0 Å². The van der Waals surface area contributed by atoms with Gasteiger partial charge in [0.25, 0.3) is 0 Å². The zero-order valence-electron chi connectivity index (χ0n) is 13.4. The highest BCUT2D eigenvalue weighted by Gasteiger charge is 2.52. The van der Waals surface area contributed by atoms with Gasteiger partial charge in [0, 0.05) is 19.0 Å². The quantitative estimate of drug-likeness (QED) is 0.713. The number of benzene rings is 1. The van der Waals surface area contributed by atoms with E-state index in [0.717, 1.165) is 19.3 Å². The van der Waals surface area contributed by atoms with E-state index in [1.807, 2.05) is 0 Å². The summed E-state index contributed by atoms with van der Waals surface area (Å²) in [6, 6.07) is 4.76. The maximum atomic E-state index is 12.8. The highest BCUT2D eigenvalue weighted by molar-refractivity contribution is 7.89. The number of aromatic nitrogens is 3. The minimum absolute atomic E-state index is 0.0374. The van der Waals surface area contributed by atoms with Gasteiger partial charge in [-0.2, -0.15) is 4.31 Å². The van der Waals surface area contributed by atoms with E-state index in [4.69, 9.17) is 28.0 Å². The van der Waals surface area contributed by atoms with Crippen molar-refractivity contribution >= 4 is 44.3 Å².